The smallest absolute Gasteiger partial charge is 0.172 e. The molecule has 0 unspecified atom stereocenters. The van der Waals surface area contributed by atoms with Gasteiger partial charge in [-0.1, -0.05) is 0 Å². The van der Waals surface area contributed by atoms with Gasteiger partial charge in [0.05, 0.1) is 20.3 Å². The number of carbonyl (C=O) groups is 1. The van der Waals surface area contributed by atoms with Crippen LogP contribution in [0.4, 0.5) is 0 Å². The van der Waals surface area contributed by atoms with E-state index in [9.17, 15) is 4.79 Å². The maximum absolute atomic E-state index is 11.8. The molecule has 2 heterocycles. The molecule has 0 saturated heterocycles. The third-order valence-corrected chi connectivity index (χ3v) is 4.21. The van der Waals surface area contributed by atoms with Crippen molar-refractivity contribution >= 4 is 49.0 Å². The third kappa shape index (κ3) is 2.59. The number of hydrogen-bond acceptors (Lipinski definition) is 3. The fourth-order valence-corrected chi connectivity index (χ4v) is 4.05. The molecule has 0 aromatic carbocycles. The maximum atomic E-state index is 11.8. The Morgan fingerprint density at radius 1 is 1.47 bits per heavy atom. The molecule has 0 saturated carbocycles. The average Bonchev–Trinajstić information content (AvgIpc) is 2.75. The Hall–Kier alpha value is -0.390. The van der Waals surface area contributed by atoms with Crippen molar-refractivity contribution in [3.63, 3.8) is 0 Å². The lowest BCUT2D eigenvalue weighted by atomic mass is 10.1. The second-order valence-corrected chi connectivity index (χ2v) is 6.67. The summed E-state index contributed by atoms with van der Waals surface area (Å²) in [7, 11) is 0. The molecule has 0 bridgehead atoms. The molecular formula is C10H6Br2O2S. The van der Waals surface area contributed by atoms with Gasteiger partial charge in [-0.2, -0.15) is 0 Å². The number of Topliss-reactive ketones (excluding diaryl/α,β-unsaturated/α-hetero) is 1. The molecule has 2 aromatic heterocycles. The summed E-state index contributed by atoms with van der Waals surface area (Å²) in [6, 6.07) is 5.40. The fourth-order valence-electron chi connectivity index (χ4n) is 1.20. The minimum Gasteiger partial charge on any atom is -0.469 e. The van der Waals surface area contributed by atoms with Crippen molar-refractivity contribution in [1.82, 2.24) is 0 Å². The van der Waals surface area contributed by atoms with Crippen molar-refractivity contribution < 1.29 is 9.21 Å². The number of thiophene rings is 1. The Bertz CT molecular complexity index is 474. The molecule has 0 spiro atoms. The Morgan fingerprint density at radius 3 is 2.80 bits per heavy atom. The zero-order chi connectivity index (χ0) is 10.8. The molecular weight excluding hydrogens is 344 g/mol. The van der Waals surface area contributed by atoms with Crippen molar-refractivity contribution in [2.75, 3.05) is 0 Å². The summed E-state index contributed by atoms with van der Waals surface area (Å²) in [5, 5.41) is 0. The molecule has 15 heavy (non-hydrogen) atoms. The highest BCUT2D eigenvalue weighted by Crippen LogP contribution is 2.32. The molecule has 2 aromatic rings. The lowest BCUT2D eigenvalue weighted by molar-refractivity contribution is 0.0987. The van der Waals surface area contributed by atoms with Gasteiger partial charge in [0.15, 0.2) is 5.78 Å². The molecule has 0 atom stereocenters. The van der Waals surface area contributed by atoms with Gasteiger partial charge in [-0.3, -0.25) is 4.79 Å². The molecule has 0 aliphatic heterocycles. The minimum absolute atomic E-state index is 0.0544. The van der Waals surface area contributed by atoms with E-state index in [4.69, 9.17) is 4.42 Å². The van der Waals surface area contributed by atoms with Crippen molar-refractivity contribution in [2.45, 2.75) is 6.42 Å². The topological polar surface area (TPSA) is 30.2 Å². The quantitative estimate of drug-likeness (QED) is 0.773. The zero-order valence-electron chi connectivity index (χ0n) is 7.50. The van der Waals surface area contributed by atoms with E-state index >= 15 is 0 Å². The summed E-state index contributed by atoms with van der Waals surface area (Å²) in [6.07, 6.45) is 1.87. The van der Waals surface area contributed by atoms with Crippen LogP contribution in [0.25, 0.3) is 0 Å². The van der Waals surface area contributed by atoms with Gasteiger partial charge in [0, 0.05) is 5.56 Å². The third-order valence-electron chi connectivity index (χ3n) is 1.87. The Labute approximate surface area is 108 Å². The number of halogens is 2. The number of carbonyl (C=O) groups excluding carboxylic acids is 1. The first-order chi connectivity index (χ1) is 7.16. The van der Waals surface area contributed by atoms with Crippen LogP contribution in [0.2, 0.25) is 0 Å². The summed E-state index contributed by atoms with van der Waals surface area (Å²) < 4.78 is 6.92. The second-order valence-electron chi connectivity index (χ2n) is 2.92. The van der Waals surface area contributed by atoms with E-state index in [1.165, 1.54) is 11.3 Å². The van der Waals surface area contributed by atoms with E-state index in [0.717, 1.165) is 7.57 Å². The van der Waals surface area contributed by atoms with Crippen molar-refractivity contribution in [3.8, 4) is 0 Å². The zero-order valence-corrected chi connectivity index (χ0v) is 11.5. The summed E-state index contributed by atoms with van der Waals surface area (Å²) in [5.74, 6) is 0.744. The van der Waals surface area contributed by atoms with Crippen LogP contribution in [-0.2, 0) is 6.42 Å². The van der Waals surface area contributed by atoms with Crippen LogP contribution in [0.5, 0.6) is 0 Å². The standard InChI is InChI=1S/C10H6Br2O2S/c11-9-5-7(10(12)15-9)8(13)4-6-2-1-3-14-6/h1-3,5H,4H2. The monoisotopic (exact) mass is 348 g/mol. The summed E-state index contributed by atoms with van der Waals surface area (Å²) in [4.78, 5) is 11.8. The van der Waals surface area contributed by atoms with Gasteiger partial charge in [0.25, 0.3) is 0 Å². The van der Waals surface area contributed by atoms with Gasteiger partial charge in [0.1, 0.15) is 5.76 Å². The number of hydrogen-bond donors (Lipinski definition) is 0. The second kappa shape index (κ2) is 4.63. The van der Waals surface area contributed by atoms with Crippen LogP contribution in [-0.4, -0.2) is 5.78 Å². The number of rotatable bonds is 3. The van der Waals surface area contributed by atoms with Crippen molar-refractivity contribution in [3.05, 3.63) is 43.4 Å². The fraction of sp³-hybridized carbons (Fsp3) is 0.100. The van der Waals surface area contributed by atoms with Crippen LogP contribution >= 0.6 is 43.2 Å². The van der Waals surface area contributed by atoms with Gasteiger partial charge in [-0.05, 0) is 50.1 Å². The molecule has 78 valence electrons. The molecule has 0 aliphatic carbocycles. The van der Waals surface area contributed by atoms with E-state index in [-0.39, 0.29) is 5.78 Å². The lowest BCUT2D eigenvalue weighted by Gasteiger charge is -1.95. The Balaban J connectivity index is 2.18. The molecule has 0 N–H and O–H groups in total. The first kappa shape index (κ1) is 11.1. The van der Waals surface area contributed by atoms with E-state index in [0.29, 0.717) is 17.7 Å². The molecule has 2 rings (SSSR count). The molecule has 2 nitrogen and oxygen atoms in total. The number of ketones is 1. The van der Waals surface area contributed by atoms with E-state index < -0.39 is 0 Å². The highest BCUT2D eigenvalue weighted by Gasteiger charge is 2.15. The highest BCUT2D eigenvalue weighted by molar-refractivity contribution is 9.12. The first-order valence-corrected chi connectivity index (χ1v) is 6.57. The van der Waals surface area contributed by atoms with Crippen LogP contribution in [0, 0.1) is 0 Å². The average molecular weight is 350 g/mol. The van der Waals surface area contributed by atoms with Gasteiger partial charge in [-0.15, -0.1) is 11.3 Å². The number of furan rings is 1. The Morgan fingerprint density at radius 2 is 2.27 bits per heavy atom. The van der Waals surface area contributed by atoms with E-state index in [2.05, 4.69) is 31.9 Å². The van der Waals surface area contributed by atoms with Crippen molar-refractivity contribution in [2.24, 2.45) is 0 Å². The van der Waals surface area contributed by atoms with Crippen LogP contribution < -0.4 is 0 Å². The Kier molecular flexibility index (Phi) is 3.43. The maximum Gasteiger partial charge on any atom is 0.172 e. The minimum atomic E-state index is 0.0544. The lowest BCUT2D eigenvalue weighted by Crippen LogP contribution is -2.01. The van der Waals surface area contributed by atoms with Crippen LogP contribution in [0.15, 0.2) is 36.5 Å². The van der Waals surface area contributed by atoms with Crippen molar-refractivity contribution in [1.29, 1.82) is 0 Å². The van der Waals surface area contributed by atoms with Crippen LogP contribution in [0.3, 0.4) is 0 Å². The van der Waals surface area contributed by atoms with Gasteiger partial charge >= 0.3 is 0 Å². The van der Waals surface area contributed by atoms with E-state index in [1.54, 1.807) is 18.4 Å². The summed E-state index contributed by atoms with van der Waals surface area (Å²) in [5.41, 5.74) is 0.697. The van der Waals surface area contributed by atoms with Crippen LogP contribution in [0.1, 0.15) is 16.1 Å². The van der Waals surface area contributed by atoms with Gasteiger partial charge < -0.3 is 4.42 Å². The SMILES string of the molecule is O=C(Cc1ccco1)c1cc(Br)sc1Br. The summed E-state index contributed by atoms with van der Waals surface area (Å²) in [6.45, 7) is 0. The highest BCUT2D eigenvalue weighted by atomic mass is 79.9. The van der Waals surface area contributed by atoms with Gasteiger partial charge in [0.2, 0.25) is 0 Å². The predicted molar refractivity (Wildman–Crippen MR) is 66.5 cm³/mol. The normalized spacial score (nSPS) is 10.5. The molecule has 0 amide bonds. The largest absolute Gasteiger partial charge is 0.469 e. The predicted octanol–water partition coefficient (Wildman–Crippen LogP) is 4.29. The molecule has 5 heteroatoms. The first-order valence-electron chi connectivity index (χ1n) is 4.17. The molecule has 0 aliphatic rings. The van der Waals surface area contributed by atoms with Gasteiger partial charge in [-0.25, -0.2) is 0 Å². The molecule has 0 radical (unpaired) electrons. The van der Waals surface area contributed by atoms with E-state index in [1.807, 2.05) is 6.07 Å². The summed E-state index contributed by atoms with van der Waals surface area (Å²) >= 11 is 8.19. The molecule has 0 fully saturated rings.